The van der Waals surface area contributed by atoms with Crippen molar-refractivity contribution in [3.8, 4) is 0 Å². The minimum atomic E-state index is 0.0404. The average molecular weight is 240 g/mol. The number of cyclic esters (lactones) is 1. The van der Waals surface area contributed by atoms with Gasteiger partial charge in [-0.3, -0.25) is 9.69 Å². The Kier molecular flexibility index (Phi) is 4.80. The minimum absolute atomic E-state index is 0.0404. The molecule has 0 aromatic carbocycles. The van der Waals surface area contributed by atoms with Crippen LogP contribution in [0.1, 0.15) is 32.6 Å². The Balaban J connectivity index is 1.73. The van der Waals surface area contributed by atoms with Crippen molar-refractivity contribution in [3.63, 3.8) is 0 Å². The molecule has 2 heterocycles. The van der Waals surface area contributed by atoms with Gasteiger partial charge in [0, 0.05) is 32.7 Å². The molecular formula is C13H24N2O2. The summed E-state index contributed by atoms with van der Waals surface area (Å²) in [5.74, 6) is 0.210. The minimum Gasteiger partial charge on any atom is -0.461 e. The summed E-state index contributed by atoms with van der Waals surface area (Å²) in [4.78, 5) is 14.1. The lowest BCUT2D eigenvalue weighted by atomic mass is 9.98. The standard InChI is InChI=1S/C13H24N2O2/c1-2-3-4-11-9-12(17-13(11)16)10-15-7-5-14-6-8-15/h11-12,14H,2-10H2,1H3. The molecule has 0 aromatic heterocycles. The van der Waals surface area contributed by atoms with Gasteiger partial charge in [0.2, 0.25) is 0 Å². The van der Waals surface area contributed by atoms with Gasteiger partial charge in [0.15, 0.2) is 0 Å². The highest BCUT2D eigenvalue weighted by molar-refractivity contribution is 5.74. The van der Waals surface area contributed by atoms with Crippen LogP contribution in [0.25, 0.3) is 0 Å². The van der Waals surface area contributed by atoms with E-state index in [9.17, 15) is 4.79 Å². The van der Waals surface area contributed by atoms with Gasteiger partial charge in [-0.2, -0.15) is 0 Å². The van der Waals surface area contributed by atoms with Crippen LogP contribution >= 0.6 is 0 Å². The number of esters is 1. The number of hydrogen-bond donors (Lipinski definition) is 1. The van der Waals surface area contributed by atoms with Gasteiger partial charge in [-0.25, -0.2) is 0 Å². The maximum absolute atomic E-state index is 11.7. The Hall–Kier alpha value is -0.610. The molecule has 4 nitrogen and oxygen atoms in total. The monoisotopic (exact) mass is 240 g/mol. The third-order valence-electron chi connectivity index (χ3n) is 3.74. The van der Waals surface area contributed by atoms with Crippen LogP contribution in [0.4, 0.5) is 0 Å². The fourth-order valence-corrected chi connectivity index (χ4v) is 2.70. The lowest BCUT2D eigenvalue weighted by Gasteiger charge is -2.28. The first-order valence-electron chi connectivity index (χ1n) is 6.93. The van der Waals surface area contributed by atoms with Crippen LogP contribution in [0, 0.1) is 5.92 Å². The highest BCUT2D eigenvalue weighted by Gasteiger charge is 2.34. The van der Waals surface area contributed by atoms with Gasteiger partial charge in [0.25, 0.3) is 0 Å². The maximum Gasteiger partial charge on any atom is 0.309 e. The highest BCUT2D eigenvalue weighted by Crippen LogP contribution is 2.26. The van der Waals surface area contributed by atoms with Crippen molar-refractivity contribution in [2.45, 2.75) is 38.7 Å². The van der Waals surface area contributed by atoms with E-state index in [1.807, 2.05) is 0 Å². The molecule has 2 aliphatic heterocycles. The van der Waals surface area contributed by atoms with E-state index in [0.29, 0.717) is 0 Å². The number of nitrogens with one attached hydrogen (secondary N) is 1. The number of nitrogens with zero attached hydrogens (tertiary/aromatic N) is 1. The number of carbonyl (C=O) groups is 1. The van der Waals surface area contributed by atoms with E-state index >= 15 is 0 Å². The van der Waals surface area contributed by atoms with Crippen molar-refractivity contribution >= 4 is 5.97 Å². The number of ether oxygens (including phenoxy) is 1. The second-order valence-electron chi connectivity index (χ2n) is 5.18. The Morgan fingerprint density at radius 2 is 2.18 bits per heavy atom. The molecule has 0 bridgehead atoms. The van der Waals surface area contributed by atoms with Gasteiger partial charge in [0.05, 0.1) is 5.92 Å². The number of carbonyl (C=O) groups excluding carboxylic acids is 1. The van der Waals surface area contributed by atoms with Crippen LogP contribution in [-0.2, 0) is 9.53 Å². The number of unbranched alkanes of at least 4 members (excludes halogenated alkanes) is 1. The van der Waals surface area contributed by atoms with Crippen molar-refractivity contribution in [2.24, 2.45) is 5.92 Å². The smallest absolute Gasteiger partial charge is 0.309 e. The SMILES string of the molecule is CCCCC1CC(CN2CCNCC2)OC1=O. The molecule has 2 saturated heterocycles. The first kappa shape index (κ1) is 12.8. The molecule has 0 spiro atoms. The zero-order valence-corrected chi connectivity index (χ0v) is 10.8. The van der Waals surface area contributed by atoms with Crippen molar-refractivity contribution in [2.75, 3.05) is 32.7 Å². The van der Waals surface area contributed by atoms with Gasteiger partial charge in [-0.05, 0) is 12.8 Å². The Morgan fingerprint density at radius 3 is 2.88 bits per heavy atom. The molecule has 1 N–H and O–H groups in total. The second kappa shape index (κ2) is 6.36. The molecule has 2 aliphatic rings. The van der Waals surface area contributed by atoms with E-state index in [4.69, 9.17) is 4.74 Å². The molecule has 2 fully saturated rings. The fourth-order valence-electron chi connectivity index (χ4n) is 2.70. The van der Waals surface area contributed by atoms with Crippen LogP contribution in [0.15, 0.2) is 0 Å². The third-order valence-corrected chi connectivity index (χ3v) is 3.74. The molecule has 17 heavy (non-hydrogen) atoms. The van der Waals surface area contributed by atoms with E-state index in [0.717, 1.165) is 58.4 Å². The first-order valence-corrected chi connectivity index (χ1v) is 6.93. The molecule has 0 aliphatic carbocycles. The topological polar surface area (TPSA) is 41.6 Å². The normalized spacial score (nSPS) is 30.5. The molecule has 2 rings (SSSR count). The lowest BCUT2D eigenvalue weighted by Crippen LogP contribution is -2.46. The van der Waals surface area contributed by atoms with Crippen molar-refractivity contribution < 1.29 is 9.53 Å². The summed E-state index contributed by atoms with van der Waals surface area (Å²) in [6, 6.07) is 0. The van der Waals surface area contributed by atoms with E-state index < -0.39 is 0 Å². The molecule has 2 unspecified atom stereocenters. The molecule has 0 radical (unpaired) electrons. The van der Waals surface area contributed by atoms with E-state index in [2.05, 4.69) is 17.1 Å². The van der Waals surface area contributed by atoms with Gasteiger partial charge < -0.3 is 10.1 Å². The highest BCUT2D eigenvalue weighted by atomic mass is 16.6. The Bertz CT molecular complexity index is 252. The maximum atomic E-state index is 11.7. The second-order valence-corrected chi connectivity index (χ2v) is 5.18. The average Bonchev–Trinajstić information content (AvgIpc) is 2.68. The van der Waals surface area contributed by atoms with E-state index in [1.165, 1.54) is 0 Å². The molecular weight excluding hydrogens is 216 g/mol. The molecule has 4 heteroatoms. The number of rotatable bonds is 5. The molecule has 0 aromatic rings. The van der Waals surface area contributed by atoms with Crippen LogP contribution in [-0.4, -0.2) is 49.7 Å². The zero-order valence-electron chi connectivity index (χ0n) is 10.8. The van der Waals surface area contributed by atoms with Crippen molar-refractivity contribution in [1.82, 2.24) is 10.2 Å². The van der Waals surface area contributed by atoms with Gasteiger partial charge in [-0.1, -0.05) is 19.8 Å². The predicted octanol–water partition coefficient (Wildman–Crippen LogP) is 1.01. The lowest BCUT2D eigenvalue weighted by molar-refractivity contribution is -0.145. The molecule has 2 atom stereocenters. The van der Waals surface area contributed by atoms with Crippen LogP contribution in [0.5, 0.6) is 0 Å². The van der Waals surface area contributed by atoms with Gasteiger partial charge in [-0.15, -0.1) is 0 Å². The Morgan fingerprint density at radius 1 is 1.41 bits per heavy atom. The fraction of sp³-hybridized carbons (Fsp3) is 0.923. The van der Waals surface area contributed by atoms with E-state index in [-0.39, 0.29) is 18.0 Å². The van der Waals surface area contributed by atoms with E-state index in [1.54, 1.807) is 0 Å². The predicted molar refractivity (Wildman–Crippen MR) is 66.8 cm³/mol. The summed E-state index contributed by atoms with van der Waals surface area (Å²) in [6.45, 7) is 7.36. The van der Waals surface area contributed by atoms with Crippen molar-refractivity contribution in [3.05, 3.63) is 0 Å². The summed E-state index contributed by atoms with van der Waals surface area (Å²) in [7, 11) is 0. The summed E-state index contributed by atoms with van der Waals surface area (Å²) in [5, 5.41) is 3.34. The molecule has 0 amide bonds. The third kappa shape index (κ3) is 3.68. The quantitative estimate of drug-likeness (QED) is 0.728. The van der Waals surface area contributed by atoms with Gasteiger partial charge >= 0.3 is 5.97 Å². The van der Waals surface area contributed by atoms with Crippen LogP contribution in [0.2, 0.25) is 0 Å². The number of hydrogen-bond acceptors (Lipinski definition) is 4. The summed E-state index contributed by atoms with van der Waals surface area (Å²) >= 11 is 0. The first-order chi connectivity index (χ1) is 8.29. The molecule has 0 saturated carbocycles. The van der Waals surface area contributed by atoms with Crippen LogP contribution in [0.3, 0.4) is 0 Å². The summed E-state index contributed by atoms with van der Waals surface area (Å²) in [6.07, 6.45) is 4.38. The van der Waals surface area contributed by atoms with Crippen molar-refractivity contribution in [1.29, 1.82) is 0 Å². The van der Waals surface area contributed by atoms with Gasteiger partial charge in [0.1, 0.15) is 6.10 Å². The largest absolute Gasteiger partial charge is 0.461 e. The number of piperazine rings is 1. The summed E-state index contributed by atoms with van der Waals surface area (Å²) in [5.41, 5.74) is 0. The zero-order chi connectivity index (χ0) is 12.1. The van der Waals surface area contributed by atoms with Crippen LogP contribution < -0.4 is 5.32 Å². The molecule has 98 valence electrons. The summed E-state index contributed by atoms with van der Waals surface area (Å²) < 4.78 is 5.47. The Labute approximate surface area is 104 Å².